The summed E-state index contributed by atoms with van der Waals surface area (Å²) in [6.07, 6.45) is 0.919. The number of halogens is 1. The van der Waals surface area contributed by atoms with Crippen molar-refractivity contribution in [2.75, 3.05) is 13.1 Å². The van der Waals surface area contributed by atoms with Gasteiger partial charge < -0.3 is 14.6 Å². The van der Waals surface area contributed by atoms with Crippen LogP contribution in [0.2, 0.25) is 0 Å². The van der Waals surface area contributed by atoms with Crippen molar-refractivity contribution in [3.05, 3.63) is 34.0 Å². The van der Waals surface area contributed by atoms with E-state index < -0.39 is 11.4 Å². The Balaban J connectivity index is 1.80. The maximum absolute atomic E-state index is 14.1. The van der Waals surface area contributed by atoms with Crippen LogP contribution in [0.25, 0.3) is 11.0 Å². The molecule has 2 heterocycles. The van der Waals surface area contributed by atoms with Gasteiger partial charge in [-0.2, -0.15) is 0 Å². The van der Waals surface area contributed by atoms with E-state index >= 15 is 0 Å². The lowest BCUT2D eigenvalue weighted by Crippen LogP contribution is -2.43. The number of nitrogens with one attached hydrogen (secondary N) is 1. The average molecular weight is 349 g/mol. The molecule has 0 radical (unpaired) electrons. The SMILES string of the molecule is Cc1cc(F)c2[nH]c(=O)n(C3CCN(C(=O)OC(C)(C)C)CC3)c2c1. The molecular weight excluding hydrogens is 325 g/mol. The molecule has 1 aromatic heterocycles. The number of hydrogen-bond donors (Lipinski definition) is 1. The van der Waals surface area contributed by atoms with Crippen LogP contribution in [0.1, 0.15) is 45.2 Å². The van der Waals surface area contributed by atoms with Crippen molar-refractivity contribution in [1.82, 2.24) is 14.5 Å². The zero-order chi connectivity index (χ0) is 18.4. The van der Waals surface area contributed by atoms with Crippen LogP contribution in [0.4, 0.5) is 9.18 Å². The highest BCUT2D eigenvalue weighted by Crippen LogP contribution is 2.27. The Hall–Kier alpha value is -2.31. The highest BCUT2D eigenvalue weighted by Gasteiger charge is 2.29. The molecule has 1 fully saturated rings. The first kappa shape index (κ1) is 17.5. The van der Waals surface area contributed by atoms with Crippen LogP contribution in [-0.2, 0) is 4.74 Å². The minimum atomic E-state index is -0.531. The van der Waals surface area contributed by atoms with E-state index in [4.69, 9.17) is 4.74 Å². The van der Waals surface area contributed by atoms with Gasteiger partial charge in [0.05, 0.1) is 5.52 Å². The molecule has 0 unspecified atom stereocenters. The molecular formula is C18H24FN3O3. The molecule has 2 aromatic rings. The summed E-state index contributed by atoms with van der Waals surface area (Å²) in [4.78, 5) is 28.8. The number of carbonyl (C=O) groups is 1. The number of rotatable bonds is 1. The number of aromatic amines is 1. The third kappa shape index (κ3) is 3.55. The summed E-state index contributed by atoms with van der Waals surface area (Å²) in [6, 6.07) is 3.16. The molecule has 1 amide bonds. The standard InChI is InChI=1S/C18H24FN3O3/c1-11-9-13(19)15-14(10-11)22(16(23)20-15)12-5-7-21(8-6-12)17(24)25-18(2,3)4/h9-10,12H,5-8H2,1-4H3,(H,20,23). The number of nitrogens with zero attached hydrogens (tertiary/aromatic N) is 2. The van der Waals surface area contributed by atoms with Crippen LogP contribution in [0.3, 0.4) is 0 Å². The predicted molar refractivity (Wildman–Crippen MR) is 93.3 cm³/mol. The van der Waals surface area contributed by atoms with Gasteiger partial charge in [-0.3, -0.25) is 4.57 Å². The molecule has 0 aliphatic carbocycles. The van der Waals surface area contributed by atoms with Crippen LogP contribution in [0.15, 0.2) is 16.9 Å². The number of aromatic nitrogens is 2. The van der Waals surface area contributed by atoms with Gasteiger partial charge in [0.25, 0.3) is 0 Å². The fraction of sp³-hybridized carbons (Fsp3) is 0.556. The van der Waals surface area contributed by atoms with Gasteiger partial charge in [-0.25, -0.2) is 14.0 Å². The minimum absolute atomic E-state index is 0.0684. The molecule has 6 nitrogen and oxygen atoms in total. The number of aryl methyl sites for hydroxylation is 1. The number of ether oxygens (including phenoxy) is 1. The third-order valence-corrected chi connectivity index (χ3v) is 4.41. The van der Waals surface area contributed by atoms with Gasteiger partial charge in [-0.15, -0.1) is 0 Å². The van der Waals surface area contributed by atoms with Gasteiger partial charge in [-0.1, -0.05) is 0 Å². The lowest BCUT2D eigenvalue weighted by molar-refractivity contribution is 0.0189. The number of imidazole rings is 1. The van der Waals surface area contributed by atoms with E-state index in [0.29, 0.717) is 31.4 Å². The lowest BCUT2D eigenvalue weighted by Gasteiger charge is -2.33. The number of hydrogen-bond acceptors (Lipinski definition) is 3. The molecule has 0 atom stereocenters. The normalized spacial score (nSPS) is 16.4. The fourth-order valence-electron chi connectivity index (χ4n) is 3.31. The van der Waals surface area contributed by atoms with Crippen molar-refractivity contribution in [3.8, 4) is 0 Å². The maximum atomic E-state index is 14.1. The van der Waals surface area contributed by atoms with E-state index in [0.717, 1.165) is 5.56 Å². The second-order valence-electron chi connectivity index (χ2n) is 7.64. The Kier molecular flexibility index (Phi) is 4.34. The number of carbonyl (C=O) groups excluding carboxylic acids is 1. The molecule has 0 bridgehead atoms. The second kappa shape index (κ2) is 6.20. The van der Waals surface area contributed by atoms with Crippen LogP contribution < -0.4 is 5.69 Å². The molecule has 1 aliphatic rings. The monoisotopic (exact) mass is 349 g/mol. The Morgan fingerprint density at radius 3 is 2.52 bits per heavy atom. The van der Waals surface area contributed by atoms with Crippen molar-refractivity contribution in [3.63, 3.8) is 0 Å². The average Bonchev–Trinajstić information content (AvgIpc) is 2.82. The number of amides is 1. The van der Waals surface area contributed by atoms with Crippen LogP contribution in [0.5, 0.6) is 0 Å². The van der Waals surface area contributed by atoms with Gasteiger partial charge in [0, 0.05) is 19.1 Å². The zero-order valence-corrected chi connectivity index (χ0v) is 15.1. The van der Waals surface area contributed by atoms with Gasteiger partial charge in [-0.05, 0) is 58.2 Å². The summed E-state index contributed by atoms with van der Waals surface area (Å²) < 4.78 is 21.1. The quantitative estimate of drug-likeness (QED) is 0.858. The summed E-state index contributed by atoms with van der Waals surface area (Å²) in [6.45, 7) is 8.31. The van der Waals surface area contributed by atoms with Crippen molar-refractivity contribution in [2.45, 2.75) is 52.2 Å². The summed E-state index contributed by atoms with van der Waals surface area (Å²) in [5.41, 5.74) is 0.749. The fourth-order valence-corrected chi connectivity index (χ4v) is 3.31. The Morgan fingerprint density at radius 2 is 1.92 bits per heavy atom. The third-order valence-electron chi connectivity index (χ3n) is 4.41. The van der Waals surface area contributed by atoms with E-state index in [2.05, 4.69) is 4.98 Å². The topological polar surface area (TPSA) is 67.3 Å². The van der Waals surface area contributed by atoms with E-state index in [1.54, 1.807) is 16.4 Å². The van der Waals surface area contributed by atoms with Gasteiger partial charge in [0.15, 0.2) is 0 Å². The highest BCUT2D eigenvalue weighted by atomic mass is 19.1. The number of H-pyrrole nitrogens is 1. The van der Waals surface area contributed by atoms with E-state index in [-0.39, 0.29) is 23.3 Å². The van der Waals surface area contributed by atoms with Crippen LogP contribution in [0, 0.1) is 12.7 Å². The first-order valence-corrected chi connectivity index (χ1v) is 8.54. The molecule has 7 heteroatoms. The Morgan fingerprint density at radius 1 is 1.28 bits per heavy atom. The van der Waals surface area contributed by atoms with E-state index in [1.807, 2.05) is 26.8 Å². The minimum Gasteiger partial charge on any atom is -0.444 e. The first-order valence-electron chi connectivity index (χ1n) is 8.54. The summed E-state index contributed by atoms with van der Waals surface area (Å²) in [5, 5.41) is 0. The number of fused-ring (bicyclic) bond motifs is 1. The summed E-state index contributed by atoms with van der Waals surface area (Å²) in [5.74, 6) is -0.419. The lowest BCUT2D eigenvalue weighted by atomic mass is 10.0. The molecule has 0 spiro atoms. The van der Waals surface area contributed by atoms with Crippen molar-refractivity contribution in [1.29, 1.82) is 0 Å². The number of benzene rings is 1. The molecule has 1 N–H and O–H groups in total. The smallest absolute Gasteiger partial charge is 0.410 e. The summed E-state index contributed by atoms with van der Waals surface area (Å²) >= 11 is 0. The molecule has 0 saturated carbocycles. The van der Waals surface area contributed by atoms with Crippen molar-refractivity contribution < 1.29 is 13.9 Å². The molecule has 136 valence electrons. The molecule has 1 aromatic carbocycles. The Bertz CT molecular complexity index is 855. The predicted octanol–water partition coefficient (Wildman–Crippen LogP) is 3.35. The molecule has 1 saturated heterocycles. The van der Waals surface area contributed by atoms with Crippen LogP contribution >= 0.6 is 0 Å². The Labute approximate surface area is 145 Å². The number of likely N-dealkylation sites (tertiary alicyclic amines) is 1. The van der Waals surface area contributed by atoms with Crippen molar-refractivity contribution >= 4 is 17.1 Å². The van der Waals surface area contributed by atoms with E-state index in [9.17, 15) is 14.0 Å². The summed E-state index contributed by atoms with van der Waals surface area (Å²) in [7, 11) is 0. The largest absolute Gasteiger partial charge is 0.444 e. The van der Waals surface area contributed by atoms with E-state index in [1.165, 1.54) is 6.07 Å². The maximum Gasteiger partial charge on any atom is 0.410 e. The molecule has 1 aliphatic heterocycles. The second-order valence-corrected chi connectivity index (χ2v) is 7.64. The van der Waals surface area contributed by atoms with Gasteiger partial charge >= 0.3 is 11.8 Å². The number of piperidine rings is 1. The zero-order valence-electron chi connectivity index (χ0n) is 15.1. The van der Waals surface area contributed by atoms with Crippen molar-refractivity contribution in [2.24, 2.45) is 0 Å². The van der Waals surface area contributed by atoms with Crippen LogP contribution in [-0.4, -0.2) is 39.2 Å². The molecule has 3 rings (SSSR count). The first-order chi connectivity index (χ1) is 11.7. The molecule has 25 heavy (non-hydrogen) atoms. The van der Waals surface area contributed by atoms with Gasteiger partial charge in [0.1, 0.15) is 16.9 Å². The highest BCUT2D eigenvalue weighted by molar-refractivity contribution is 5.77. The van der Waals surface area contributed by atoms with Gasteiger partial charge in [0.2, 0.25) is 0 Å².